The van der Waals surface area contributed by atoms with E-state index in [2.05, 4.69) is 4.98 Å². The summed E-state index contributed by atoms with van der Waals surface area (Å²) in [7, 11) is 0. The summed E-state index contributed by atoms with van der Waals surface area (Å²) in [5.74, 6) is -1.45. The van der Waals surface area contributed by atoms with Crippen molar-refractivity contribution in [3.63, 3.8) is 0 Å². The summed E-state index contributed by atoms with van der Waals surface area (Å²) in [6, 6.07) is 6.05. The second kappa shape index (κ2) is 4.64. The Hall–Kier alpha value is -2.34. The van der Waals surface area contributed by atoms with Crippen LogP contribution in [-0.4, -0.2) is 50.7 Å². The van der Waals surface area contributed by atoms with E-state index in [4.69, 9.17) is 5.11 Å². The third-order valence-corrected chi connectivity index (χ3v) is 3.63. The maximum Gasteiger partial charge on any atom is 0.326 e. The molecule has 1 aromatic heterocycles. The molecule has 1 aromatic carbocycles. The van der Waals surface area contributed by atoms with E-state index in [1.807, 2.05) is 6.07 Å². The lowest BCUT2D eigenvalue weighted by atomic mass is 10.1. The number of aliphatic hydroxyl groups excluding tert-OH is 1. The molecule has 20 heavy (non-hydrogen) atoms. The number of nitrogens with zero attached hydrogens (tertiary/aromatic N) is 1. The maximum absolute atomic E-state index is 12.4. The van der Waals surface area contributed by atoms with Crippen molar-refractivity contribution in [1.29, 1.82) is 0 Å². The number of aromatic amines is 1. The Balaban J connectivity index is 1.92. The average molecular weight is 274 g/mol. The van der Waals surface area contributed by atoms with Gasteiger partial charge in [-0.15, -0.1) is 0 Å². The lowest BCUT2D eigenvalue weighted by Gasteiger charge is -2.21. The summed E-state index contributed by atoms with van der Waals surface area (Å²) in [5.41, 5.74) is 1.34. The van der Waals surface area contributed by atoms with Crippen molar-refractivity contribution in [2.45, 2.75) is 18.6 Å². The van der Waals surface area contributed by atoms with E-state index >= 15 is 0 Å². The number of nitrogens with one attached hydrogen (secondary N) is 1. The fourth-order valence-corrected chi connectivity index (χ4v) is 2.62. The first-order valence-corrected chi connectivity index (χ1v) is 6.35. The van der Waals surface area contributed by atoms with Crippen LogP contribution in [0.25, 0.3) is 10.9 Å². The maximum atomic E-state index is 12.4. The summed E-state index contributed by atoms with van der Waals surface area (Å²) >= 11 is 0. The van der Waals surface area contributed by atoms with Crippen molar-refractivity contribution < 1.29 is 19.8 Å². The number of amides is 1. The van der Waals surface area contributed by atoms with Crippen molar-refractivity contribution in [2.24, 2.45) is 0 Å². The molecule has 0 saturated carbocycles. The van der Waals surface area contributed by atoms with E-state index in [-0.39, 0.29) is 18.9 Å². The van der Waals surface area contributed by atoms with E-state index < -0.39 is 18.1 Å². The third kappa shape index (κ3) is 2.04. The van der Waals surface area contributed by atoms with Crippen LogP contribution in [0.1, 0.15) is 16.8 Å². The summed E-state index contributed by atoms with van der Waals surface area (Å²) in [5, 5.41) is 19.6. The zero-order chi connectivity index (χ0) is 14.3. The Morgan fingerprint density at radius 1 is 1.30 bits per heavy atom. The van der Waals surface area contributed by atoms with Crippen LogP contribution in [0.15, 0.2) is 30.5 Å². The van der Waals surface area contributed by atoms with Crippen molar-refractivity contribution in [2.75, 3.05) is 6.54 Å². The fraction of sp³-hybridized carbons (Fsp3) is 0.286. The van der Waals surface area contributed by atoms with Crippen LogP contribution in [0.4, 0.5) is 0 Å². The number of benzene rings is 1. The summed E-state index contributed by atoms with van der Waals surface area (Å²) in [6.07, 6.45) is 1.07. The number of H-pyrrole nitrogens is 1. The Morgan fingerprint density at radius 2 is 2.10 bits per heavy atom. The van der Waals surface area contributed by atoms with E-state index in [1.165, 1.54) is 4.90 Å². The zero-order valence-electron chi connectivity index (χ0n) is 10.6. The van der Waals surface area contributed by atoms with Gasteiger partial charge in [-0.1, -0.05) is 0 Å². The highest BCUT2D eigenvalue weighted by molar-refractivity contribution is 6.00. The summed E-state index contributed by atoms with van der Waals surface area (Å²) in [6.45, 7) is 0.0565. The van der Waals surface area contributed by atoms with Gasteiger partial charge in [0.25, 0.3) is 5.91 Å². The van der Waals surface area contributed by atoms with Crippen LogP contribution in [0, 0.1) is 0 Å². The van der Waals surface area contributed by atoms with Gasteiger partial charge in [0, 0.05) is 35.6 Å². The molecule has 3 N–H and O–H groups in total. The fourth-order valence-electron chi connectivity index (χ4n) is 2.62. The minimum absolute atomic E-state index is 0.0565. The van der Waals surface area contributed by atoms with Gasteiger partial charge >= 0.3 is 5.97 Å². The van der Waals surface area contributed by atoms with E-state index in [0.717, 1.165) is 10.9 Å². The van der Waals surface area contributed by atoms with Gasteiger partial charge in [0.2, 0.25) is 0 Å². The van der Waals surface area contributed by atoms with Crippen LogP contribution in [0.3, 0.4) is 0 Å². The standard InChI is InChI=1S/C14H14N2O4/c17-10-6-12(14(19)20)16(7-10)13(18)9-1-2-11-8(5-9)3-4-15-11/h1-5,10,12,15,17H,6-7H2,(H,19,20)/t10-,12+/m1/s1. The van der Waals surface area contributed by atoms with Gasteiger partial charge in [-0.25, -0.2) is 4.79 Å². The number of carboxylic acid groups (broad SMARTS) is 1. The third-order valence-electron chi connectivity index (χ3n) is 3.63. The molecular weight excluding hydrogens is 260 g/mol. The van der Waals surface area contributed by atoms with E-state index in [9.17, 15) is 14.7 Å². The average Bonchev–Trinajstić information content (AvgIpc) is 3.02. The van der Waals surface area contributed by atoms with Crippen molar-refractivity contribution in [1.82, 2.24) is 9.88 Å². The number of β-amino-alcohol motifs (C(OH)–C–C–N with tert-alkyl or cyclic N) is 1. The number of carbonyl (C=O) groups is 2. The number of hydrogen-bond donors (Lipinski definition) is 3. The predicted molar refractivity (Wildman–Crippen MR) is 71.4 cm³/mol. The summed E-state index contributed by atoms with van der Waals surface area (Å²) < 4.78 is 0. The molecule has 2 aromatic rings. The van der Waals surface area contributed by atoms with Gasteiger partial charge in [-0.05, 0) is 24.3 Å². The van der Waals surface area contributed by atoms with E-state index in [1.54, 1.807) is 24.4 Å². The highest BCUT2D eigenvalue weighted by Gasteiger charge is 2.39. The smallest absolute Gasteiger partial charge is 0.326 e. The Bertz CT molecular complexity index is 679. The van der Waals surface area contributed by atoms with Crippen molar-refractivity contribution in [3.05, 3.63) is 36.0 Å². The molecule has 3 rings (SSSR count). The molecule has 0 bridgehead atoms. The molecule has 1 amide bonds. The molecule has 104 valence electrons. The molecular formula is C14H14N2O4. The van der Waals surface area contributed by atoms with Gasteiger partial charge in [-0.2, -0.15) is 0 Å². The Morgan fingerprint density at radius 3 is 2.85 bits per heavy atom. The molecule has 6 heteroatoms. The second-order valence-corrected chi connectivity index (χ2v) is 4.98. The molecule has 0 spiro atoms. The molecule has 1 aliphatic rings. The molecule has 2 heterocycles. The second-order valence-electron chi connectivity index (χ2n) is 4.98. The lowest BCUT2D eigenvalue weighted by Crippen LogP contribution is -2.40. The highest BCUT2D eigenvalue weighted by atomic mass is 16.4. The molecule has 0 aliphatic carbocycles. The zero-order valence-corrected chi connectivity index (χ0v) is 10.6. The Labute approximate surface area is 114 Å². The number of aromatic nitrogens is 1. The van der Waals surface area contributed by atoms with Crippen LogP contribution in [0.2, 0.25) is 0 Å². The van der Waals surface area contributed by atoms with Gasteiger partial charge in [0.15, 0.2) is 0 Å². The molecule has 1 saturated heterocycles. The molecule has 6 nitrogen and oxygen atoms in total. The first kappa shape index (κ1) is 12.7. The highest BCUT2D eigenvalue weighted by Crippen LogP contribution is 2.22. The first-order chi connectivity index (χ1) is 9.56. The van der Waals surface area contributed by atoms with Gasteiger partial charge in [0.05, 0.1) is 6.10 Å². The molecule has 0 radical (unpaired) electrons. The number of hydrogen-bond acceptors (Lipinski definition) is 3. The Kier molecular flexibility index (Phi) is 2.94. The number of aliphatic carboxylic acids is 1. The van der Waals surface area contributed by atoms with Crippen LogP contribution in [0.5, 0.6) is 0 Å². The number of carboxylic acids is 1. The SMILES string of the molecule is O=C(O)[C@@H]1C[C@@H](O)CN1C(=O)c1ccc2[nH]ccc2c1. The molecule has 0 unspecified atom stereocenters. The quantitative estimate of drug-likeness (QED) is 0.756. The number of rotatable bonds is 2. The molecule has 1 aliphatic heterocycles. The van der Waals surface area contributed by atoms with Gasteiger partial charge in [-0.3, -0.25) is 4.79 Å². The number of fused-ring (bicyclic) bond motifs is 1. The monoisotopic (exact) mass is 274 g/mol. The number of carbonyl (C=O) groups excluding carboxylic acids is 1. The first-order valence-electron chi connectivity index (χ1n) is 6.35. The van der Waals surface area contributed by atoms with Crippen molar-refractivity contribution >= 4 is 22.8 Å². The topological polar surface area (TPSA) is 93.6 Å². The normalized spacial score (nSPS) is 22.4. The van der Waals surface area contributed by atoms with Gasteiger partial charge < -0.3 is 20.1 Å². The molecule has 2 atom stereocenters. The molecule has 1 fully saturated rings. The largest absolute Gasteiger partial charge is 0.480 e. The minimum Gasteiger partial charge on any atom is -0.480 e. The number of aliphatic hydroxyl groups is 1. The predicted octanol–water partition coefficient (Wildman–Crippen LogP) is 0.828. The van der Waals surface area contributed by atoms with Crippen LogP contribution < -0.4 is 0 Å². The van der Waals surface area contributed by atoms with Crippen molar-refractivity contribution in [3.8, 4) is 0 Å². The van der Waals surface area contributed by atoms with Crippen LogP contribution in [-0.2, 0) is 4.79 Å². The summed E-state index contributed by atoms with van der Waals surface area (Å²) in [4.78, 5) is 27.8. The van der Waals surface area contributed by atoms with E-state index in [0.29, 0.717) is 5.56 Å². The number of likely N-dealkylation sites (tertiary alicyclic amines) is 1. The van der Waals surface area contributed by atoms with Gasteiger partial charge in [0.1, 0.15) is 6.04 Å². The van der Waals surface area contributed by atoms with Crippen LogP contribution >= 0.6 is 0 Å². The lowest BCUT2D eigenvalue weighted by molar-refractivity contribution is -0.141. The minimum atomic E-state index is -1.09.